The molecule has 2 N–H and O–H groups in total. The summed E-state index contributed by atoms with van der Waals surface area (Å²) in [5.41, 5.74) is 2.28. The van der Waals surface area contributed by atoms with Gasteiger partial charge in [-0.05, 0) is 44.2 Å². The SMILES string of the molecule is CCOC(=O)c1ccccc1NC(=O)c1cc(C)nc(Nc2ccccc2)n1. The standard InChI is InChI=1S/C21H20N4O3/c1-3-28-20(27)16-11-7-8-12-17(16)24-19(26)18-13-14(2)22-21(25-18)23-15-9-5-4-6-10-15/h4-13H,3H2,1-2H3,(H,24,26)(H,22,23,25). The normalized spacial score (nSPS) is 10.2. The number of hydrogen-bond donors (Lipinski definition) is 2. The summed E-state index contributed by atoms with van der Waals surface area (Å²) >= 11 is 0. The number of aryl methyl sites for hydroxylation is 1. The highest BCUT2D eigenvalue weighted by Crippen LogP contribution is 2.18. The second-order valence-electron chi connectivity index (χ2n) is 5.93. The van der Waals surface area contributed by atoms with Crippen LogP contribution in [0.25, 0.3) is 0 Å². The molecule has 0 spiro atoms. The van der Waals surface area contributed by atoms with E-state index in [0.717, 1.165) is 5.69 Å². The number of carbonyl (C=O) groups is 2. The average molecular weight is 376 g/mol. The van der Waals surface area contributed by atoms with Crippen LogP contribution in [0.15, 0.2) is 60.7 Å². The van der Waals surface area contributed by atoms with Gasteiger partial charge in [-0.15, -0.1) is 0 Å². The fraction of sp³-hybridized carbons (Fsp3) is 0.143. The molecule has 2 aromatic carbocycles. The Balaban J connectivity index is 1.83. The van der Waals surface area contributed by atoms with Gasteiger partial charge in [0.1, 0.15) is 5.69 Å². The molecule has 1 heterocycles. The topological polar surface area (TPSA) is 93.2 Å². The van der Waals surface area contributed by atoms with Gasteiger partial charge in [0, 0.05) is 11.4 Å². The zero-order valence-corrected chi connectivity index (χ0v) is 15.6. The maximum absolute atomic E-state index is 12.7. The van der Waals surface area contributed by atoms with Crippen LogP contribution in [0.2, 0.25) is 0 Å². The molecule has 0 aliphatic heterocycles. The molecule has 7 nitrogen and oxygen atoms in total. The molecule has 0 saturated carbocycles. The number of amides is 1. The number of benzene rings is 2. The Morgan fingerprint density at radius 2 is 1.71 bits per heavy atom. The van der Waals surface area contributed by atoms with Gasteiger partial charge in [-0.2, -0.15) is 0 Å². The highest BCUT2D eigenvalue weighted by Gasteiger charge is 2.16. The van der Waals surface area contributed by atoms with Gasteiger partial charge in [-0.25, -0.2) is 14.8 Å². The number of esters is 1. The van der Waals surface area contributed by atoms with Gasteiger partial charge in [-0.1, -0.05) is 30.3 Å². The molecule has 0 atom stereocenters. The van der Waals surface area contributed by atoms with Crippen LogP contribution in [-0.2, 0) is 4.74 Å². The first kappa shape index (κ1) is 19.0. The predicted molar refractivity (Wildman–Crippen MR) is 107 cm³/mol. The highest BCUT2D eigenvalue weighted by atomic mass is 16.5. The summed E-state index contributed by atoms with van der Waals surface area (Å²) < 4.78 is 5.03. The Kier molecular flexibility index (Phi) is 5.96. The van der Waals surface area contributed by atoms with Crippen LogP contribution in [0.5, 0.6) is 0 Å². The van der Waals surface area contributed by atoms with Gasteiger partial charge in [0.15, 0.2) is 0 Å². The van der Waals surface area contributed by atoms with E-state index in [4.69, 9.17) is 4.74 Å². The van der Waals surface area contributed by atoms with E-state index >= 15 is 0 Å². The lowest BCUT2D eigenvalue weighted by Crippen LogP contribution is -2.18. The van der Waals surface area contributed by atoms with Crippen LogP contribution in [0, 0.1) is 6.92 Å². The Bertz CT molecular complexity index is 990. The molecule has 3 aromatic rings. The third-order valence-electron chi connectivity index (χ3n) is 3.79. The van der Waals surface area contributed by atoms with Crippen LogP contribution in [-0.4, -0.2) is 28.5 Å². The summed E-state index contributed by atoms with van der Waals surface area (Å²) in [6, 6.07) is 17.7. The minimum atomic E-state index is -0.497. The molecule has 0 radical (unpaired) electrons. The molecule has 142 valence electrons. The summed E-state index contributed by atoms with van der Waals surface area (Å²) in [6.45, 7) is 3.76. The summed E-state index contributed by atoms with van der Waals surface area (Å²) in [4.78, 5) is 33.4. The molecule has 1 amide bonds. The first-order valence-corrected chi connectivity index (χ1v) is 8.82. The maximum Gasteiger partial charge on any atom is 0.340 e. The first-order valence-electron chi connectivity index (χ1n) is 8.82. The van der Waals surface area contributed by atoms with Gasteiger partial charge >= 0.3 is 5.97 Å². The monoisotopic (exact) mass is 376 g/mol. The first-order chi connectivity index (χ1) is 13.6. The summed E-state index contributed by atoms with van der Waals surface area (Å²) in [6.07, 6.45) is 0. The smallest absolute Gasteiger partial charge is 0.340 e. The number of para-hydroxylation sites is 2. The Morgan fingerprint density at radius 3 is 2.46 bits per heavy atom. The van der Waals surface area contributed by atoms with Crippen LogP contribution >= 0.6 is 0 Å². The van der Waals surface area contributed by atoms with Crippen LogP contribution < -0.4 is 10.6 Å². The number of aromatic nitrogens is 2. The van der Waals surface area contributed by atoms with Crippen molar-refractivity contribution in [1.29, 1.82) is 0 Å². The molecule has 28 heavy (non-hydrogen) atoms. The molecule has 3 rings (SSSR count). The summed E-state index contributed by atoms with van der Waals surface area (Å²) in [5, 5.41) is 5.80. The Morgan fingerprint density at radius 1 is 1.00 bits per heavy atom. The van der Waals surface area contributed by atoms with Gasteiger partial charge < -0.3 is 15.4 Å². The van der Waals surface area contributed by atoms with Crippen LogP contribution in [0.3, 0.4) is 0 Å². The lowest BCUT2D eigenvalue weighted by molar-refractivity contribution is 0.0527. The number of carbonyl (C=O) groups excluding carboxylic acids is 2. The van der Waals surface area contributed by atoms with E-state index in [0.29, 0.717) is 17.3 Å². The second-order valence-corrected chi connectivity index (χ2v) is 5.93. The van der Waals surface area contributed by atoms with Crippen molar-refractivity contribution in [3.63, 3.8) is 0 Å². The molecule has 1 aromatic heterocycles. The summed E-state index contributed by atoms with van der Waals surface area (Å²) in [5.74, 6) is -0.628. The van der Waals surface area contributed by atoms with Crippen molar-refractivity contribution in [2.45, 2.75) is 13.8 Å². The van der Waals surface area contributed by atoms with Crippen molar-refractivity contribution >= 4 is 29.2 Å². The molecule has 0 saturated heterocycles. The third-order valence-corrected chi connectivity index (χ3v) is 3.79. The molecular formula is C21H20N4O3. The molecule has 0 unspecified atom stereocenters. The molecule has 0 aliphatic rings. The number of nitrogens with one attached hydrogen (secondary N) is 2. The lowest BCUT2D eigenvalue weighted by Gasteiger charge is -2.11. The largest absolute Gasteiger partial charge is 0.462 e. The molecule has 0 aliphatic carbocycles. The van der Waals surface area contributed by atoms with Crippen molar-refractivity contribution in [2.24, 2.45) is 0 Å². The minimum absolute atomic E-state index is 0.185. The van der Waals surface area contributed by atoms with Crippen molar-refractivity contribution in [2.75, 3.05) is 17.2 Å². The lowest BCUT2D eigenvalue weighted by atomic mass is 10.1. The maximum atomic E-state index is 12.7. The zero-order valence-electron chi connectivity index (χ0n) is 15.6. The number of rotatable bonds is 6. The Hall–Kier alpha value is -3.74. The van der Waals surface area contributed by atoms with E-state index in [2.05, 4.69) is 20.6 Å². The van der Waals surface area contributed by atoms with Crippen molar-refractivity contribution in [1.82, 2.24) is 9.97 Å². The number of nitrogens with zero attached hydrogens (tertiary/aromatic N) is 2. The van der Waals surface area contributed by atoms with Gasteiger partial charge in [0.2, 0.25) is 5.95 Å². The van der Waals surface area contributed by atoms with Gasteiger partial charge in [-0.3, -0.25) is 4.79 Å². The number of hydrogen-bond acceptors (Lipinski definition) is 6. The fourth-order valence-corrected chi connectivity index (χ4v) is 2.56. The quantitative estimate of drug-likeness (QED) is 0.633. The van der Waals surface area contributed by atoms with E-state index in [9.17, 15) is 9.59 Å². The minimum Gasteiger partial charge on any atom is -0.462 e. The van der Waals surface area contributed by atoms with E-state index in [1.807, 2.05) is 30.3 Å². The second kappa shape index (κ2) is 8.77. The van der Waals surface area contributed by atoms with E-state index < -0.39 is 11.9 Å². The molecule has 0 bridgehead atoms. The van der Waals surface area contributed by atoms with E-state index in [1.54, 1.807) is 44.2 Å². The number of ether oxygens (including phenoxy) is 1. The molecular weight excluding hydrogens is 356 g/mol. The number of anilines is 3. The molecule has 0 fully saturated rings. The van der Waals surface area contributed by atoms with Gasteiger partial charge in [0.05, 0.1) is 17.9 Å². The van der Waals surface area contributed by atoms with Crippen molar-refractivity contribution in [3.8, 4) is 0 Å². The Labute approximate surface area is 162 Å². The van der Waals surface area contributed by atoms with Crippen LogP contribution in [0.4, 0.5) is 17.3 Å². The van der Waals surface area contributed by atoms with Crippen molar-refractivity contribution in [3.05, 3.63) is 77.6 Å². The molecule has 7 heteroatoms. The zero-order chi connectivity index (χ0) is 19.9. The predicted octanol–water partition coefficient (Wildman–Crippen LogP) is 3.96. The summed E-state index contributed by atoms with van der Waals surface area (Å²) in [7, 11) is 0. The third kappa shape index (κ3) is 4.70. The fourth-order valence-electron chi connectivity index (χ4n) is 2.56. The highest BCUT2D eigenvalue weighted by molar-refractivity contribution is 6.07. The van der Waals surface area contributed by atoms with E-state index in [1.165, 1.54) is 0 Å². The van der Waals surface area contributed by atoms with Crippen molar-refractivity contribution < 1.29 is 14.3 Å². The van der Waals surface area contributed by atoms with E-state index in [-0.39, 0.29) is 17.9 Å². The van der Waals surface area contributed by atoms with Crippen LogP contribution in [0.1, 0.15) is 33.5 Å². The van der Waals surface area contributed by atoms with Gasteiger partial charge in [0.25, 0.3) is 5.91 Å². The average Bonchev–Trinajstić information content (AvgIpc) is 2.69.